The summed E-state index contributed by atoms with van der Waals surface area (Å²) < 4.78 is 85.5. The fourth-order valence-electron chi connectivity index (χ4n) is 4.26. The zero-order valence-electron chi connectivity index (χ0n) is 19.0. The molecule has 5 rings (SSSR count). The minimum atomic E-state index is -5.01. The van der Waals surface area contributed by atoms with Crippen molar-refractivity contribution in [2.75, 3.05) is 6.61 Å². The maximum atomic E-state index is 13.5. The minimum absolute atomic E-state index is 0.0808. The number of hydrogen-bond acceptors (Lipinski definition) is 6. The predicted octanol–water partition coefficient (Wildman–Crippen LogP) is 5.47. The largest absolute Gasteiger partial charge is 0.464 e. The first-order valence-corrected chi connectivity index (χ1v) is 11.8. The number of cyclic esters (lactones) is 1. The van der Waals surface area contributed by atoms with Crippen LogP contribution in [0.15, 0.2) is 47.5 Å². The highest BCUT2D eigenvalue weighted by Crippen LogP contribution is 2.38. The Labute approximate surface area is 214 Å². The van der Waals surface area contributed by atoms with E-state index in [1.165, 1.54) is 23.0 Å². The molecule has 7 nitrogen and oxygen atoms in total. The maximum Gasteiger partial charge on any atom is 0.416 e. The number of carbonyl (C=O) groups is 3. The van der Waals surface area contributed by atoms with Crippen molar-refractivity contribution < 1.29 is 45.5 Å². The van der Waals surface area contributed by atoms with E-state index in [1.54, 1.807) is 12.1 Å². The topological polar surface area (TPSA) is 81.5 Å². The van der Waals surface area contributed by atoms with Crippen molar-refractivity contribution in [3.63, 3.8) is 0 Å². The summed E-state index contributed by atoms with van der Waals surface area (Å²) in [5, 5.41) is 3.96. The Morgan fingerprint density at radius 2 is 1.79 bits per heavy atom. The standard InChI is InChI=1S/C24H15F6N3O4S/c25-23(26,27)15-3-2-13(16(9-15)24(28,29)30)11-32-17-4-1-12(7-14(17)10-31-32)8-19-20(34)33(22(36)38-19)18-5-6-37-21(18)35/h1-4,7-10,18H,5-6,11H2/b19-8-. The number of halogens is 6. The molecule has 2 saturated heterocycles. The molecule has 1 atom stereocenters. The number of nitrogens with zero attached hydrogens (tertiary/aromatic N) is 3. The second-order valence-corrected chi connectivity index (χ2v) is 9.50. The van der Waals surface area contributed by atoms with Gasteiger partial charge in [-0.1, -0.05) is 12.1 Å². The number of aromatic nitrogens is 2. The van der Waals surface area contributed by atoms with Crippen LogP contribution in [0.3, 0.4) is 0 Å². The number of esters is 1. The summed E-state index contributed by atoms with van der Waals surface area (Å²) >= 11 is 0.668. The average Bonchev–Trinajstić information content (AvgIpc) is 3.50. The molecule has 0 spiro atoms. The van der Waals surface area contributed by atoms with Gasteiger partial charge >= 0.3 is 18.3 Å². The van der Waals surface area contributed by atoms with Crippen LogP contribution in [0.25, 0.3) is 17.0 Å². The highest BCUT2D eigenvalue weighted by Gasteiger charge is 2.45. The van der Waals surface area contributed by atoms with Crippen LogP contribution in [0, 0.1) is 0 Å². The van der Waals surface area contributed by atoms with E-state index in [-0.39, 0.29) is 24.0 Å². The van der Waals surface area contributed by atoms with E-state index in [4.69, 9.17) is 4.74 Å². The summed E-state index contributed by atoms with van der Waals surface area (Å²) in [6.07, 6.45) is -6.91. The van der Waals surface area contributed by atoms with Gasteiger partial charge in [-0.15, -0.1) is 0 Å². The molecule has 0 aliphatic carbocycles. The summed E-state index contributed by atoms with van der Waals surface area (Å²) in [5.74, 6) is -1.29. The number of amides is 2. The van der Waals surface area contributed by atoms with Crippen molar-refractivity contribution in [3.05, 3.63) is 69.8 Å². The van der Waals surface area contributed by atoms with Gasteiger partial charge in [0.1, 0.15) is 6.04 Å². The molecule has 2 aliphatic rings. The van der Waals surface area contributed by atoms with Gasteiger partial charge in [-0.3, -0.25) is 19.2 Å². The third kappa shape index (κ3) is 4.75. The molecule has 2 amide bonds. The Bertz CT molecular complexity index is 1510. The van der Waals surface area contributed by atoms with Gasteiger partial charge in [-0.25, -0.2) is 4.79 Å². The van der Waals surface area contributed by atoms with Gasteiger partial charge in [0.15, 0.2) is 0 Å². The van der Waals surface area contributed by atoms with E-state index in [1.807, 2.05) is 0 Å². The van der Waals surface area contributed by atoms with Crippen LogP contribution in [0.2, 0.25) is 0 Å². The zero-order valence-corrected chi connectivity index (χ0v) is 19.8. The van der Waals surface area contributed by atoms with Crippen LogP contribution in [0.4, 0.5) is 31.1 Å². The van der Waals surface area contributed by atoms with Gasteiger partial charge in [0.05, 0.1) is 40.9 Å². The van der Waals surface area contributed by atoms with E-state index in [9.17, 15) is 40.7 Å². The normalized spacial score (nSPS) is 19.7. The van der Waals surface area contributed by atoms with Gasteiger partial charge in [0.2, 0.25) is 0 Å². The quantitative estimate of drug-likeness (QED) is 0.241. The van der Waals surface area contributed by atoms with Crippen LogP contribution >= 0.6 is 11.8 Å². The molecule has 2 aliphatic heterocycles. The highest BCUT2D eigenvalue weighted by atomic mass is 32.2. The molecule has 0 radical (unpaired) electrons. The lowest BCUT2D eigenvalue weighted by Crippen LogP contribution is -2.41. The van der Waals surface area contributed by atoms with E-state index >= 15 is 0 Å². The molecule has 3 heterocycles. The number of ether oxygens (including phenoxy) is 1. The van der Waals surface area contributed by atoms with E-state index in [2.05, 4.69) is 5.10 Å². The third-order valence-corrected chi connectivity index (χ3v) is 6.95. The Morgan fingerprint density at radius 3 is 2.45 bits per heavy atom. The van der Waals surface area contributed by atoms with Gasteiger partial charge in [-0.05, 0) is 53.2 Å². The second kappa shape index (κ2) is 9.19. The van der Waals surface area contributed by atoms with Crippen LogP contribution < -0.4 is 0 Å². The number of imide groups is 1. The number of benzene rings is 2. The number of hydrogen-bond donors (Lipinski definition) is 0. The molecule has 14 heteroatoms. The molecule has 0 saturated carbocycles. The second-order valence-electron chi connectivity index (χ2n) is 8.51. The average molecular weight is 555 g/mol. The number of thioether (sulfide) groups is 1. The molecule has 2 fully saturated rings. The van der Waals surface area contributed by atoms with E-state index in [0.29, 0.717) is 34.3 Å². The molecule has 2 aromatic carbocycles. The van der Waals surface area contributed by atoms with Crippen molar-refractivity contribution in [2.45, 2.75) is 31.4 Å². The first-order chi connectivity index (χ1) is 17.8. The first kappa shape index (κ1) is 25.8. The fourth-order valence-corrected chi connectivity index (χ4v) is 5.13. The number of carbonyl (C=O) groups excluding carboxylic acids is 3. The number of alkyl halides is 6. The first-order valence-electron chi connectivity index (χ1n) is 11.0. The summed E-state index contributed by atoms with van der Waals surface area (Å²) in [6.45, 7) is -0.325. The predicted molar refractivity (Wildman–Crippen MR) is 122 cm³/mol. The van der Waals surface area contributed by atoms with E-state index in [0.717, 1.165) is 11.0 Å². The molecule has 3 aromatic rings. The van der Waals surface area contributed by atoms with Gasteiger partial charge in [-0.2, -0.15) is 31.4 Å². The van der Waals surface area contributed by atoms with Gasteiger partial charge < -0.3 is 4.74 Å². The van der Waals surface area contributed by atoms with Crippen molar-refractivity contribution in [1.82, 2.24) is 14.7 Å². The Morgan fingerprint density at radius 1 is 1.03 bits per heavy atom. The zero-order chi connectivity index (χ0) is 27.4. The van der Waals surface area contributed by atoms with Crippen molar-refractivity contribution in [2.24, 2.45) is 0 Å². The Hall–Kier alpha value is -3.81. The Balaban J connectivity index is 1.42. The fraction of sp³-hybridized carbons (Fsp3) is 0.250. The van der Waals surface area contributed by atoms with Crippen LogP contribution in [0.5, 0.6) is 0 Å². The minimum Gasteiger partial charge on any atom is -0.464 e. The summed E-state index contributed by atoms with van der Waals surface area (Å²) in [7, 11) is 0. The molecular formula is C24H15F6N3O4S. The molecular weight excluding hydrogens is 540 g/mol. The molecule has 1 unspecified atom stereocenters. The molecule has 198 valence electrons. The maximum absolute atomic E-state index is 13.5. The third-order valence-electron chi connectivity index (χ3n) is 6.07. The monoisotopic (exact) mass is 555 g/mol. The molecule has 38 heavy (non-hydrogen) atoms. The lowest BCUT2D eigenvalue weighted by molar-refractivity contribution is -0.144. The smallest absolute Gasteiger partial charge is 0.416 e. The van der Waals surface area contributed by atoms with Crippen LogP contribution in [-0.4, -0.2) is 44.4 Å². The lowest BCUT2D eigenvalue weighted by atomic mass is 10.0. The number of rotatable bonds is 4. The van der Waals surface area contributed by atoms with E-state index < -0.39 is 58.7 Å². The molecule has 0 bridgehead atoms. The Kier molecular flexibility index (Phi) is 6.24. The lowest BCUT2D eigenvalue weighted by Gasteiger charge is -2.16. The SMILES string of the molecule is O=C1OCCC1N1C(=O)S/C(=C\c2ccc3c(cnn3Cc3ccc(C(F)(F)F)cc3C(F)(F)F)c2)C1=O. The van der Waals surface area contributed by atoms with Crippen molar-refractivity contribution in [1.29, 1.82) is 0 Å². The molecule has 0 N–H and O–H groups in total. The summed E-state index contributed by atoms with van der Waals surface area (Å²) in [5.41, 5.74) is -2.31. The van der Waals surface area contributed by atoms with Gasteiger partial charge in [0.25, 0.3) is 11.1 Å². The van der Waals surface area contributed by atoms with Crippen LogP contribution in [-0.2, 0) is 33.2 Å². The molecule has 1 aromatic heterocycles. The summed E-state index contributed by atoms with van der Waals surface area (Å²) in [6, 6.07) is 5.16. The highest BCUT2D eigenvalue weighted by molar-refractivity contribution is 8.18. The summed E-state index contributed by atoms with van der Waals surface area (Å²) in [4.78, 5) is 37.9. The van der Waals surface area contributed by atoms with Crippen molar-refractivity contribution in [3.8, 4) is 0 Å². The number of fused-ring (bicyclic) bond motifs is 1. The van der Waals surface area contributed by atoms with Crippen molar-refractivity contribution >= 4 is 45.9 Å². The van der Waals surface area contributed by atoms with Gasteiger partial charge in [0, 0.05) is 11.8 Å². The van der Waals surface area contributed by atoms with Crippen LogP contribution in [0.1, 0.15) is 28.7 Å².